The molecule has 3 heteroatoms. The molecule has 16 heavy (non-hydrogen) atoms. The van der Waals surface area contributed by atoms with Crippen LogP contribution in [-0.2, 0) is 0 Å². The van der Waals surface area contributed by atoms with Crippen LogP contribution < -0.4 is 10.9 Å². The molecule has 4 radical (unpaired) electrons. The first-order valence-electron chi connectivity index (χ1n) is 5.01. The van der Waals surface area contributed by atoms with E-state index < -0.39 is 0 Å². The highest BCUT2D eigenvalue weighted by atomic mass is 16.1. The molecule has 2 aromatic carbocycles. The highest BCUT2D eigenvalue weighted by molar-refractivity contribution is 6.35. The van der Waals surface area contributed by atoms with Gasteiger partial charge in [0.15, 0.2) is 5.78 Å². The Morgan fingerprint density at radius 1 is 0.688 bits per heavy atom. The highest BCUT2D eigenvalue weighted by Gasteiger charge is 2.25. The zero-order valence-electron chi connectivity index (χ0n) is 8.53. The number of benzene rings is 2. The summed E-state index contributed by atoms with van der Waals surface area (Å²) in [6.07, 6.45) is 0. The van der Waals surface area contributed by atoms with E-state index >= 15 is 0 Å². The van der Waals surface area contributed by atoms with E-state index in [1.807, 2.05) is 12.1 Å². The molecule has 0 aromatic heterocycles. The molecule has 1 aliphatic carbocycles. The second kappa shape index (κ2) is 3.11. The van der Waals surface area contributed by atoms with Gasteiger partial charge in [0.2, 0.25) is 0 Å². The molecule has 0 saturated heterocycles. The van der Waals surface area contributed by atoms with Crippen LogP contribution in [0.2, 0.25) is 0 Å². The molecule has 2 aromatic rings. The van der Waals surface area contributed by atoms with Crippen molar-refractivity contribution in [3.63, 3.8) is 0 Å². The van der Waals surface area contributed by atoms with Crippen molar-refractivity contribution in [3.05, 3.63) is 47.5 Å². The van der Waals surface area contributed by atoms with E-state index in [9.17, 15) is 4.79 Å². The number of hydrogen-bond acceptors (Lipinski definition) is 1. The Labute approximate surface area is 96.3 Å². The quantitative estimate of drug-likeness (QED) is 0.482. The molecule has 70 valence electrons. The summed E-state index contributed by atoms with van der Waals surface area (Å²) in [6, 6.07) is 10.8. The van der Waals surface area contributed by atoms with Crippen LogP contribution in [0, 0.1) is 0 Å². The van der Waals surface area contributed by atoms with Crippen molar-refractivity contribution in [2.24, 2.45) is 0 Å². The predicted molar refractivity (Wildman–Crippen MR) is 66.1 cm³/mol. The second-order valence-corrected chi connectivity index (χ2v) is 3.94. The lowest BCUT2D eigenvalue weighted by molar-refractivity contribution is 0.104. The summed E-state index contributed by atoms with van der Waals surface area (Å²) < 4.78 is 0. The van der Waals surface area contributed by atoms with Crippen molar-refractivity contribution in [2.75, 3.05) is 0 Å². The molecule has 0 saturated carbocycles. The summed E-state index contributed by atoms with van der Waals surface area (Å²) >= 11 is 0. The molecular weight excluding hydrogens is 194 g/mol. The fourth-order valence-electron chi connectivity index (χ4n) is 2.11. The summed E-state index contributed by atoms with van der Waals surface area (Å²) in [5.74, 6) is 0.00426. The third-order valence-corrected chi connectivity index (χ3v) is 2.87. The molecule has 3 rings (SSSR count). The van der Waals surface area contributed by atoms with Gasteiger partial charge in [0.05, 0.1) is 0 Å². The molecule has 0 atom stereocenters. The number of carbonyl (C=O) groups is 1. The minimum Gasteiger partial charge on any atom is -0.289 e. The Balaban J connectivity index is 2.34. The van der Waals surface area contributed by atoms with Crippen molar-refractivity contribution in [1.29, 1.82) is 0 Å². The zero-order chi connectivity index (χ0) is 11.3. The van der Waals surface area contributed by atoms with Crippen LogP contribution in [0.3, 0.4) is 0 Å². The Bertz CT molecular complexity index is 564. The maximum Gasteiger partial charge on any atom is 0.194 e. The zero-order valence-corrected chi connectivity index (χ0v) is 8.53. The monoisotopic (exact) mass is 200 g/mol. The molecule has 0 aliphatic heterocycles. The molecule has 0 bridgehead atoms. The molecule has 1 nitrogen and oxygen atoms in total. The van der Waals surface area contributed by atoms with Gasteiger partial charge in [-0.2, -0.15) is 0 Å². The normalized spacial score (nSPS) is 12.4. The summed E-state index contributed by atoms with van der Waals surface area (Å²) in [7, 11) is 11.4. The van der Waals surface area contributed by atoms with Gasteiger partial charge in [0.25, 0.3) is 0 Å². The van der Waals surface area contributed by atoms with E-state index in [-0.39, 0.29) is 5.78 Å². The number of rotatable bonds is 0. The van der Waals surface area contributed by atoms with Crippen molar-refractivity contribution in [3.8, 4) is 11.1 Å². The topological polar surface area (TPSA) is 17.1 Å². The number of fused-ring (bicyclic) bond motifs is 3. The van der Waals surface area contributed by atoms with Gasteiger partial charge in [-0.05, 0) is 11.1 Å². The van der Waals surface area contributed by atoms with Crippen LogP contribution in [0.25, 0.3) is 11.1 Å². The third-order valence-electron chi connectivity index (χ3n) is 2.87. The maximum atomic E-state index is 12.1. The maximum absolute atomic E-state index is 12.1. The second-order valence-electron chi connectivity index (χ2n) is 3.94. The van der Waals surface area contributed by atoms with Crippen molar-refractivity contribution in [1.82, 2.24) is 0 Å². The first-order valence-corrected chi connectivity index (χ1v) is 5.01. The van der Waals surface area contributed by atoms with Gasteiger partial charge >= 0.3 is 0 Å². The Hall–Kier alpha value is -1.76. The first kappa shape index (κ1) is 9.46. The summed E-state index contributed by atoms with van der Waals surface area (Å²) in [4.78, 5) is 12.1. The fourth-order valence-corrected chi connectivity index (χ4v) is 2.11. The van der Waals surface area contributed by atoms with Crippen molar-refractivity contribution in [2.45, 2.75) is 0 Å². The SMILES string of the molecule is [B]c1ccc2c(c1)C(=O)c1cc([B])ccc1-2. The number of hydrogen-bond donors (Lipinski definition) is 0. The Morgan fingerprint density at radius 3 is 1.56 bits per heavy atom. The van der Waals surface area contributed by atoms with E-state index in [0.29, 0.717) is 22.1 Å². The summed E-state index contributed by atoms with van der Waals surface area (Å²) in [5, 5.41) is 0. The van der Waals surface area contributed by atoms with Gasteiger partial charge in [0, 0.05) is 11.1 Å². The molecule has 0 unspecified atom stereocenters. The third kappa shape index (κ3) is 1.18. The summed E-state index contributed by atoms with van der Waals surface area (Å²) in [5.41, 5.74) is 4.42. The van der Waals surface area contributed by atoms with Gasteiger partial charge in [-0.25, -0.2) is 0 Å². The van der Waals surface area contributed by atoms with Crippen molar-refractivity contribution < 1.29 is 4.79 Å². The molecule has 0 N–H and O–H groups in total. The smallest absolute Gasteiger partial charge is 0.194 e. The molecule has 0 spiro atoms. The van der Waals surface area contributed by atoms with Crippen LogP contribution >= 0.6 is 0 Å². The lowest BCUT2D eigenvalue weighted by Gasteiger charge is -2.00. The van der Waals surface area contributed by atoms with E-state index in [1.54, 1.807) is 24.3 Å². The number of carbonyl (C=O) groups excluding carboxylic acids is 1. The Morgan fingerprint density at radius 2 is 1.12 bits per heavy atom. The Kier molecular flexibility index (Phi) is 1.84. The van der Waals surface area contributed by atoms with Gasteiger partial charge in [0.1, 0.15) is 15.7 Å². The molecule has 1 aliphatic rings. The average Bonchev–Trinajstić information content (AvgIpc) is 2.53. The largest absolute Gasteiger partial charge is 0.289 e. The van der Waals surface area contributed by atoms with Gasteiger partial charge in [-0.15, -0.1) is 0 Å². The summed E-state index contributed by atoms with van der Waals surface area (Å²) in [6.45, 7) is 0. The predicted octanol–water partition coefficient (Wildman–Crippen LogP) is 0.486. The van der Waals surface area contributed by atoms with E-state index in [2.05, 4.69) is 0 Å². The lowest BCUT2D eigenvalue weighted by Crippen LogP contribution is -2.07. The fraction of sp³-hybridized carbons (Fsp3) is 0. The molecular formula is C13H6B2O. The minimum atomic E-state index is 0.00426. The molecule has 0 heterocycles. The van der Waals surface area contributed by atoms with Crippen LogP contribution in [0.15, 0.2) is 36.4 Å². The standard InChI is InChI=1S/C13H6B2O/c14-7-1-3-9-10-4-2-8(15)6-12(10)13(16)11(9)5-7/h1-6H. The van der Waals surface area contributed by atoms with E-state index in [1.165, 1.54) is 0 Å². The van der Waals surface area contributed by atoms with E-state index in [4.69, 9.17) is 15.7 Å². The van der Waals surface area contributed by atoms with Gasteiger partial charge in [-0.3, -0.25) is 4.79 Å². The minimum absolute atomic E-state index is 0.00426. The number of ketones is 1. The average molecular weight is 200 g/mol. The highest BCUT2D eigenvalue weighted by Crippen LogP contribution is 2.34. The van der Waals surface area contributed by atoms with Gasteiger partial charge < -0.3 is 0 Å². The lowest BCUT2D eigenvalue weighted by atomic mass is 9.91. The van der Waals surface area contributed by atoms with Crippen LogP contribution in [0.4, 0.5) is 0 Å². The van der Waals surface area contributed by atoms with Crippen molar-refractivity contribution >= 4 is 32.4 Å². The van der Waals surface area contributed by atoms with E-state index in [0.717, 1.165) is 11.1 Å². The van der Waals surface area contributed by atoms with Gasteiger partial charge in [-0.1, -0.05) is 47.3 Å². The molecule has 0 fully saturated rings. The van der Waals surface area contributed by atoms with Crippen LogP contribution in [0.1, 0.15) is 15.9 Å². The van der Waals surface area contributed by atoms with Crippen LogP contribution in [-0.4, -0.2) is 21.5 Å². The van der Waals surface area contributed by atoms with Crippen LogP contribution in [0.5, 0.6) is 0 Å². The molecule has 0 amide bonds. The first-order chi connectivity index (χ1) is 7.66.